The first-order chi connectivity index (χ1) is 8.95. The number of hydrogen-bond donors (Lipinski definition) is 2. The molecule has 0 bridgehead atoms. The molecule has 0 aromatic rings. The van der Waals surface area contributed by atoms with E-state index in [4.69, 9.17) is 4.74 Å². The van der Waals surface area contributed by atoms with Gasteiger partial charge in [0.15, 0.2) is 5.96 Å². The van der Waals surface area contributed by atoms with Crippen molar-refractivity contribution in [3.8, 4) is 0 Å². The van der Waals surface area contributed by atoms with Crippen LogP contribution in [-0.2, 0) is 14.3 Å². The van der Waals surface area contributed by atoms with E-state index in [1.54, 1.807) is 14.2 Å². The van der Waals surface area contributed by atoms with E-state index >= 15 is 0 Å². The predicted octanol–water partition coefficient (Wildman–Crippen LogP) is 1.54. The fraction of sp³-hybridized carbons (Fsp3) is 0.846. The highest BCUT2D eigenvalue weighted by Gasteiger charge is 2.16. The Morgan fingerprint density at radius 3 is 2.35 bits per heavy atom. The normalized spacial score (nSPS) is 11.6. The third-order valence-corrected chi connectivity index (χ3v) is 2.79. The zero-order chi connectivity index (χ0) is 14.7. The summed E-state index contributed by atoms with van der Waals surface area (Å²) in [5.41, 5.74) is -0.234. The summed E-state index contributed by atoms with van der Waals surface area (Å²) < 4.78 is 9.90. The molecule has 0 radical (unpaired) electrons. The molecule has 0 saturated carbocycles. The molecule has 2 N–H and O–H groups in total. The summed E-state index contributed by atoms with van der Waals surface area (Å²) in [7, 11) is 4.82. The van der Waals surface area contributed by atoms with Crippen molar-refractivity contribution in [2.24, 2.45) is 4.99 Å². The smallest absolute Gasteiger partial charge is 0.305 e. The summed E-state index contributed by atoms with van der Waals surface area (Å²) in [6.07, 6.45) is 2.16. The number of esters is 1. The van der Waals surface area contributed by atoms with E-state index in [2.05, 4.69) is 20.4 Å². The molecule has 0 rings (SSSR count). The van der Waals surface area contributed by atoms with Crippen LogP contribution in [0.25, 0.3) is 0 Å². The number of carbonyl (C=O) groups is 1. The van der Waals surface area contributed by atoms with Crippen molar-refractivity contribution in [1.29, 1.82) is 0 Å². The van der Waals surface area contributed by atoms with Crippen LogP contribution in [0.5, 0.6) is 0 Å². The minimum absolute atomic E-state index is 0. The third-order valence-electron chi connectivity index (χ3n) is 2.79. The molecule has 6 nitrogen and oxygen atoms in total. The number of guanidine groups is 1. The molecule has 7 heteroatoms. The summed E-state index contributed by atoms with van der Waals surface area (Å²) in [5.74, 6) is 0.576. The number of nitrogens with zero attached hydrogens (tertiary/aromatic N) is 1. The van der Waals surface area contributed by atoms with Crippen LogP contribution in [0, 0.1) is 0 Å². The van der Waals surface area contributed by atoms with Gasteiger partial charge in [-0.2, -0.15) is 0 Å². The first-order valence-electron chi connectivity index (χ1n) is 6.51. The number of methoxy groups -OCH3 is 2. The summed E-state index contributed by atoms with van der Waals surface area (Å²) >= 11 is 0. The summed E-state index contributed by atoms with van der Waals surface area (Å²) in [4.78, 5) is 15.0. The average Bonchev–Trinajstić information content (AvgIpc) is 2.41. The molecule has 0 unspecified atom stereocenters. The van der Waals surface area contributed by atoms with Crippen molar-refractivity contribution in [1.82, 2.24) is 10.6 Å². The average molecular weight is 401 g/mol. The number of rotatable bonds is 8. The maximum Gasteiger partial charge on any atom is 0.305 e. The lowest BCUT2D eigenvalue weighted by Crippen LogP contribution is -2.45. The van der Waals surface area contributed by atoms with Crippen molar-refractivity contribution < 1.29 is 14.3 Å². The van der Waals surface area contributed by atoms with Crippen LogP contribution in [-0.4, -0.2) is 51.9 Å². The summed E-state index contributed by atoms with van der Waals surface area (Å²) in [5, 5.41) is 6.38. The Balaban J connectivity index is 0. The quantitative estimate of drug-likeness (QED) is 0.212. The van der Waals surface area contributed by atoms with Gasteiger partial charge in [-0.15, -0.1) is 24.0 Å². The van der Waals surface area contributed by atoms with Gasteiger partial charge in [-0.25, -0.2) is 0 Å². The third kappa shape index (κ3) is 11.3. The Kier molecular flexibility index (Phi) is 13.2. The van der Waals surface area contributed by atoms with Gasteiger partial charge in [-0.05, 0) is 26.7 Å². The second-order valence-electron chi connectivity index (χ2n) is 4.85. The van der Waals surface area contributed by atoms with Crippen LogP contribution in [0.1, 0.15) is 33.1 Å². The Morgan fingerprint density at radius 2 is 1.85 bits per heavy atom. The van der Waals surface area contributed by atoms with E-state index in [0.717, 1.165) is 25.3 Å². The molecule has 120 valence electrons. The summed E-state index contributed by atoms with van der Waals surface area (Å²) in [6, 6.07) is 0. The highest BCUT2D eigenvalue weighted by molar-refractivity contribution is 14.0. The van der Waals surface area contributed by atoms with E-state index in [1.807, 2.05) is 13.8 Å². The zero-order valence-electron chi connectivity index (χ0n) is 13.1. The number of hydrogen-bond acceptors (Lipinski definition) is 4. The molecule has 0 atom stereocenters. The highest BCUT2D eigenvalue weighted by atomic mass is 127. The fourth-order valence-electron chi connectivity index (χ4n) is 1.29. The summed E-state index contributed by atoms with van der Waals surface area (Å²) in [6.45, 7) is 5.45. The molecular weight excluding hydrogens is 373 g/mol. The first kappa shape index (κ1) is 21.7. The molecule has 0 aromatic heterocycles. The number of aliphatic imine (C=N–C) groups is 1. The molecule has 0 amide bonds. The molecular formula is C13H28IN3O3. The standard InChI is InChI=1S/C13H27N3O3.HI/c1-13(2,19-5)10-16-12(14-3)15-9-7-6-8-11(17)18-4;/h6-10H2,1-5H3,(H2,14,15,16);1H. The minimum atomic E-state index is -0.234. The van der Waals surface area contributed by atoms with Gasteiger partial charge in [0.25, 0.3) is 0 Å². The number of ether oxygens (including phenoxy) is 2. The molecule has 0 heterocycles. The van der Waals surface area contributed by atoms with Gasteiger partial charge in [0.2, 0.25) is 0 Å². The fourth-order valence-corrected chi connectivity index (χ4v) is 1.29. The Bertz CT molecular complexity index is 297. The van der Waals surface area contributed by atoms with Crippen LogP contribution in [0.4, 0.5) is 0 Å². The van der Waals surface area contributed by atoms with E-state index in [0.29, 0.717) is 13.0 Å². The lowest BCUT2D eigenvalue weighted by Gasteiger charge is -2.24. The lowest BCUT2D eigenvalue weighted by atomic mass is 10.1. The van der Waals surface area contributed by atoms with Crippen LogP contribution in [0.15, 0.2) is 4.99 Å². The van der Waals surface area contributed by atoms with E-state index in [9.17, 15) is 4.79 Å². The van der Waals surface area contributed by atoms with Gasteiger partial charge >= 0.3 is 5.97 Å². The molecule has 0 aliphatic carbocycles. The largest absolute Gasteiger partial charge is 0.469 e. The van der Waals surface area contributed by atoms with E-state index < -0.39 is 0 Å². The number of halogens is 1. The predicted molar refractivity (Wildman–Crippen MR) is 91.7 cm³/mol. The molecule has 0 aromatic carbocycles. The second-order valence-corrected chi connectivity index (χ2v) is 4.85. The molecule has 0 aliphatic rings. The Morgan fingerprint density at radius 1 is 1.20 bits per heavy atom. The Hall–Kier alpha value is -0.570. The van der Waals surface area contributed by atoms with Gasteiger partial charge in [0.05, 0.1) is 12.7 Å². The van der Waals surface area contributed by atoms with Gasteiger partial charge in [0.1, 0.15) is 0 Å². The van der Waals surface area contributed by atoms with Crippen molar-refractivity contribution in [2.45, 2.75) is 38.7 Å². The number of nitrogens with one attached hydrogen (secondary N) is 2. The lowest BCUT2D eigenvalue weighted by molar-refractivity contribution is -0.140. The topological polar surface area (TPSA) is 72.0 Å². The van der Waals surface area contributed by atoms with Crippen LogP contribution in [0.2, 0.25) is 0 Å². The van der Waals surface area contributed by atoms with Gasteiger partial charge < -0.3 is 20.1 Å². The molecule has 0 saturated heterocycles. The highest BCUT2D eigenvalue weighted by Crippen LogP contribution is 2.04. The van der Waals surface area contributed by atoms with Crippen molar-refractivity contribution in [3.05, 3.63) is 0 Å². The van der Waals surface area contributed by atoms with Crippen molar-refractivity contribution in [2.75, 3.05) is 34.4 Å². The zero-order valence-corrected chi connectivity index (χ0v) is 15.4. The maximum atomic E-state index is 10.9. The number of unbranched alkanes of at least 4 members (excludes halogenated alkanes) is 1. The van der Waals surface area contributed by atoms with Gasteiger partial charge in [0, 0.05) is 33.7 Å². The SMILES string of the molecule is CN=C(NCCCCC(=O)OC)NCC(C)(C)OC.I. The van der Waals surface area contributed by atoms with E-state index in [1.165, 1.54) is 7.11 Å². The van der Waals surface area contributed by atoms with Crippen LogP contribution >= 0.6 is 24.0 Å². The van der Waals surface area contributed by atoms with Gasteiger partial charge in [-0.3, -0.25) is 9.79 Å². The van der Waals surface area contributed by atoms with Gasteiger partial charge in [-0.1, -0.05) is 0 Å². The van der Waals surface area contributed by atoms with Crippen LogP contribution < -0.4 is 10.6 Å². The molecule has 0 aliphatic heterocycles. The first-order valence-corrected chi connectivity index (χ1v) is 6.51. The van der Waals surface area contributed by atoms with Crippen molar-refractivity contribution in [3.63, 3.8) is 0 Å². The second kappa shape index (κ2) is 12.2. The Labute approximate surface area is 139 Å². The molecule has 0 fully saturated rings. The van der Waals surface area contributed by atoms with E-state index in [-0.39, 0.29) is 35.5 Å². The minimum Gasteiger partial charge on any atom is -0.469 e. The maximum absolute atomic E-state index is 10.9. The monoisotopic (exact) mass is 401 g/mol. The number of carbonyl (C=O) groups excluding carboxylic acids is 1. The van der Waals surface area contributed by atoms with Crippen LogP contribution in [0.3, 0.4) is 0 Å². The molecule has 0 spiro atoms. The molecule has 20 heavy (non-hydrogen) atoms. The van der Waals surface area contributed by atoms with Crippen molar-refractivity contribution >= 4 is 35.9 Å².